The first-order valence-electron chi connectivity index (χ1n) is 9.67. The summed E-state index contributed by atoms with van der Waals surface area (Å²) in [5.74, 6) is -1.31. The van der Waals surface area contributed by atoms with Crippen LogP contribution in [-0.4, -0.2) is 58.8 Å². The minimum Gasteiger partial charge on any atom is -0.479 e. The smallest absolute Gasteiger partial charge is 0.334 e. The van der Waals surface area contributed by atoms with Gasteiger partial charge in [0.1, 0.15) is 5.54 Å². The van der Waals surface area contributed by atoms with E-state index in [1.807, 2.05) is 30.3 Å². The predicted molar refractivity (Wildman–Crippen MR) is 102 cm³/mol. The van der Waals surface area contributed by atoms with E-state index < -0.39 is 23.6 Å². The Morgan fingerprint density at radius 2 is 1.86 bits per heavy atom. The summed E-state index contributed by atoms with van der Waals surface area (Å²) in [6.45, 7) is 2.43. The minimum atomic E-state index is -1.08. The molecule has 3 N–H and O–H groups in total. The van der Waals surface area contributed by atoms with E-state index in [-0.39, 0.29) is 18.6 Å². The Bertz CT molecular complexity index is 718. The Hall–Kier alpha value is -2.61. The van der Waals surface area contributed by atoms with Gasteiger partial charge in [0.15, 0.2) is 6.10 Å². The van der Waals surface area contributed by atoms with Crippen molar-refractivity contribution in [1.29, 1.82) is 0 Å². The molecular formula is C20H27N3O5. The zero-order chi connectivity index (χ0) is 20.1. The number of urea groups is 1. The highest BCUT2D eigenvalue weighted by molar-refractivity contribution is 5.92. The Morgan fingerprint density at radius 1 is 1.18 bits per heavy atom. The lowest BCUT2D eigenvalue weighted by Gasteiger charge is -2.40. The highest BCUT2D eigenvalue weighted by Gasteiger charge is 2.47. The molecule has 2 atom stereocenters. The first-order valence-corrected chi connectivity index (χ1v) is 9.67. The SMILES string of the molecule is C[C@@H]1CN(C(=O)C2(NC(=O)NCc3ccccc3)CCCC2)CC(C(=O)O)O1. The van der Waals surface area contributed by atoms with Gasteiger partial charge in [-0.05, 0) is 25.3 Å². The monoisotopic (exact) mass is 389 g/mol. The lowest BCUT2D eigenvalue weighted by molar-refractivity contribution is -0.168. The molecule has 1 aliphatic carbocycles. The molecule has 0 spiro atoms. The van der Waals surface area contributed by atoms with Gasteiger partial charge >= 0.3 is 12.0 Å². The molecule has 1 aromatic carbocycles. The van der Waals surface area contributed by atoms with Crippen molar-refractivity contribution in [3.8, 4) is 0 Å². The summed E-state index contributed by atoms with van der Waals surface area (Å²) in [6, 6.07) is 9.14. The van der Waals surface area contributed by atoms with Gasteiger partial charge in [-0.1, -0.05) is 43.2 Å². The molecule has 1 aromatic rings. The Morgan fingerprint density at radius 3 is 2.50 bits per heavy atom. The van der Waals surface area contributed by atoms with Crippen LogP contribution in [0.3, 0.4) is 0 Å². The zero-order valence-electron chi connectivity index (χ0n) is 16.0. The van der Waals surface area contributed by atoms with Crippen LogP contribution in [0.4, 0.5) is 4.79 Å². The third-order valence-corrected chi connectivity index (χ3v) is 5.34. The van der Waals surface area contributed by atoms with Gasteiger partial charge in [0, 0.05) is 13.1 Å². The molecule has 2 aliphatic rings. The number of aliphatic carboxylic acids is 1. The van der Waals surface area contributed by atoms with Crippen LogP contribution in [0.5, 0.6) is 0 Å². The number of morpholine rings is 1. The van der Waals surface area contributed by atoms with Crippen LogP contribution in [0.1, 0.15) is 38.2 Å². The number of hydrogen-bond donors (Lipinski definition) is 3. The van der Waals surface area contributed by atoms with E-state index >= 15 is 0 Å². The number of carbonyl (C=O) groups excluding carboxylic acids is 2. The summed E-state index contributed by atoms with van der Waals surface area (Å²) in [6.07, 6.45) is 1.37. The lowest BCUT2D eigenvalue weighted by atomic mass is 9.94. The molecule has 3 amide bonds. The van der Waals surface area contributed by atoms with E-state index in [4.69, 9.17) is 4.74 Å². The number of nitrogens with zero attached hydrogens (tertiary/aromatic N) is 1. The van der Waals surface area contributed by atoms with Gasteiger partial charge in [-0.25, -0.2) is 9.59 Å². The third kappa shape index (κ3) is 4.62. The maximum atomic E-state index is 13.3. The van der Waals surface area contributed by atoms with Crippen LogP contribution in [-0.2, 0) is 20.9 Å². The molecule has 1 aliphatic heterocycles. The average molecular weight is 389 g/mol. The molecule has 1 heterocycles. The molecule has 152 valence electrons. The molecule has 28 heavy (non-hydrogen) atoms. The molecule has 1 saturated heterocycles. The van der Waals surface area contributed by atoms with Crippen molar-refractivity contribution >= 4 is 17.9 Å². The van der Waals surface area contributed by atoms with Gasteiger partial charge in [0.2, 0.25) is 5.91 Å². The minimum absolute atomic E-state index is 0.00638. The lowest BCUT2D eigenvalue weighted by Crippen LogP contribution is -2.63. The molecule has 0 aromatic heterocycles. The molecule has 3 rings (SSSR count). The standard InChI is InChI=1S/C20H27N3O5/c1-14-12-23(13-16(28-14)17(24)25)18(26)20(9-5-6-10-20)22-19(27)21-11-15-7-3-2-4-8-15/h2-4,7-8,14,16H,5-6,9-13H2,1H3,(H,24,25)(H2,21,22,27)/t14-,16?/m1/s1. The fourth-order valence-corrected chi connectivity index (χ4v) is 3.97. The van der Waals surface area contributed by atoms with E-state index in [1.54, 1.807) is 6.92 Å². The van der Waals surface area contributed by atoms with Crippen molar-refractivity contribution in [1.82, 2.24) is 15.5 Å². The molecular weight excluding hydrogens is 362 g/mol. The fraction of sp³-hybridized carbons (Fsp3) is 0.550. The topological polar surface area (TPSA) is 108 Å². The Labute approximate surface area is 164 Å². The molecule has 8 heteroatoms. The van der Waals surface area contributed by atoms with Crippen LogP contribution in [0.25, 0.3) is 0 Å². The Balaban J connectivity index is 1.66. The van der Waals surface area contributed by atoms with Crippen molar-refractivity contribution in [3.63, 3.8) is 0 Å². The van der Waals surface area contributed by atoms with Gasteiger partial charge in [-0.15, -0.1) is 0 Å². The van der Waals surface area contributed by atoms with E-state index in [9.17, 15) is 19.5 Å². The van der Waals surface area contributed by atoms with Gasteiger partial charge in [-0.3, -0.25) is 4.79 Å². The van der Waals surface area contributed by atoms with Gasteiger partial charge in [-0.2, -0.15) is 0 Å². The van der Waals surface area contributed by atoms with Crippen molar-refractivity contribution in [3.05, 3.63) is 35.9 Å². The van der Waals surface area contributed by atoms with Crippen LogP contribution < -0.4 is 10.6 Å². The Kier molecular flexibility index (Phi) is 6.18. The molecule has 0 bridgehead atoms. The number of rotatable bonds is 5. The van der Waals surface area contributed by atoms with Crippen LogP contribution in [0, 0.1) is 0 Å². The molecule has 2 fully saturated rings. The van der Waals surface area contributed by atoms with Crippen LogP contribution in [0.2, 0.25) is 0 Å². The normalized spacial score (nSPS) is 23.8. The second-order valence-electron chi connectivity index (χ2n) is 7.57. The largest absolute Gasteiger partial charge is 0.479 e. The fourth-order valence-electron chi connectivity index (χ4n) is 3.97. The van der Waals surface area contributed by atoms with Crippen molar-refractivity contribution in [2.75, 3.05) is 13.1 Å². The van der Waals surface area contributed by atoms with E-state index in [1.165, 1.54) is 4.90 Å². The number of carbonyl (C=O) groups is 3. The van der Waals surface area contributed by atoms with Crippen LogP contribution >= 0.6 is 0 Å². The van der Waals surface area contributed by atoms with Crippen molar-refractivity contribution < 1.29 is 24.2 Å². The van der Waals surface area contributed by atoms with E-state index in [0.717, 1.165) is 18.4 Å². The highest BCUT2D eigenvalue weighted by atomic mass is 16.5. The summed E-state index contributed by atoms with van der Waals surface area (Å²) >= 11 is 0. The van der Waals surface area contributed by atoms with Gasteiger partial charge < -0.3 is 25.4 Å². The summed E-state index contributed by atoms with van der Waals surface area (Å²) < 4.78 is 5.40. The molecule has 1 saturated carbocycles. The van der Waals surface area contributed by atoms with Gasteiger partial charge in [0.25, 0.3) is 0 Å². The average Bonchev–Trinajstić information content (AvgIpc) is 3.15. The quantitative estimate of drug-likeness (QED) is 0.707. The van der Waals surface area contributed by atoms with E-state index in [0.29, 0.717) is 25.9 Å². The molecule has 1 unspecified atom stereocenters. The second-order valence-corrected chi connectivity index (χ2v) is 7.57. The number of ether oxygens (including phenoxy) is 1. The molecule has 0 radical (unpaired) electrons. The first kappa shape index (κ1) is 20.1. The molecule has 8 nitrogen and oxygen atoms in total. The maximum Gasteiger partial charge on any atom is 0.334 e. The number of amides is 3. The number of carboxylic acids is 1. The van der Waals surface area contributed by atoms with Crippen LogP contribution in [0.15, 0.2) is 30.3 Å². The highest BCUT2D eigenvalue weighted by Crippen LogP contribution is 2.32. The van der Waals surface area contributed by atoms with Gasteiger partial charge in [0.05, 0.1) is 12.6 Å². The summed E-state index contributed by atoms with van der Waals surface area (Å²) in [5, 5.41) is 15.0. The maximum absolute atomic E-state index is 13.3. The van der Waals surface area contributed by atoms with Crippen molar-refractivity contribution in [2.24, 2.45) is 0 Å². The van der Waals surface area contributed by atoms with E-state index in [2.05, 4.69) is 10.6 Å². The summed E-state index contributed by atoms with van der Waals surface area (Å²) in [4.78, 5) is 38.6. The summed E-state index contributed by atoms with van der Waals surface area (Å²) in [5.41, 5.74) is -0.0169. The number of carboxylic acid groups (broad SMARTS) is 1. The van der Waals surface area contributed by atoms with Crippen molar-refractivity contribution in [2.45, 2.75) is 56.9 Å². The number of hydrogen-bond acceptors (Lipinski definition) is 4. The predicted octanol–water partition coefficient (Wildman–Crippen LogP) is 1.50. The number of nitrogens with one attached hydrogen (secondary N) is 2. The zero-order valence-corrected chi connectivity index (χ0v) is 16.0. The second kappa shape index (κ2) is 8.60. The third-order valence-electron chi connectivity index (χ3n) is 5.34. The summed E-state index contributed by atoms with van der Waals surface area (Å²) in [7, 11) is 0. The number of benzene rings is 1. The first-order chi connectivity index (χ1) is 13.4.